The molecule has 0 aliphatic heterocycles. The predicted octanol–water partition coefficient (Wildman–Crippen LogP) is 4.44. The molecule has 5 nitrogen and oxygen atoms in total. The zero-order valence-corrected chi connectivity index (χ0v) is 17.6. The fraction of sp³-hybridized carbons (Fsp3) is 0.261. The Balaban J connectivity index is 1.77. The van der Waals surface area contributed by atoms with Crippen LogP contribution in [0.25, 0.3) is 11.3 Å². The summed E-state index contributed by atoms with van der Waals surface area (Å²) < 4.78 is 5.76. The van der Waals surface area contributed by atoms with Gasteiger partial charge in [0.2, 0.25) is 6.41 Å². The van der Waals surface area contributed by atoms with E-state index in [1.165, 1.54) is 0 Å². The van der Waals surface area contributed by atoms with Crippen molar-refractivity contribution in [1.29, 1.82) is 0 Å². The van der Waals surface area contributed by atoms with Gasteiger partial charge < -0.3 is 10.1 Å². The van der Waals surface area contributed by atoms with Gasteiger partial charge in [0.05, 0.1) is 17.3 Å². The van der Waals surface area contributed by atoms with E-state index in [0.717, 1.165) is 45.5 Å². The highest BCUT2D eigenvalue weighted by Crippen LogP contribution is 2.35. The monoisotopic (exact) mass is 409 g/mol. The van der Waals surface area contributed by atoms with E-state index < -0.39 is 0 Å². The molecule has 0 saturated heterocycles. The van der Waals surface area contributed by atoms with Crippen LogP contribution in [0.15, 0.2) is 42.9 Å². The summed E-state index contributed by atoms with van der Waals surface area (Å²) in [6, 6.07) is 8.28. The molecule has 0 fully saturated rings. The number of hydrogen-bond donors (Lipinski definition) is 1. The Morgan fingerprint density at radius 3 is 2.66 bits per heavy atom. The molecule has 0 saturated carbocycles. The summed E-state index contributed by atoms with van der Waals surface area (Å²) in [7, 11) is 0. The van der Waals surface area contributed by atoms with Crippen LogP contribution in [-0.2, 0) is 11.2 Å². The third kappa shape index (κ3) is 5.12. The summed E-state index contributed by atoms with van der Waals surface area (Å²) in [4.78, 5) is 19.2. The largest absolute Gasteiger partial charge is 0.490 e. The van der Waals surface area contributed by atoms with Gasteiger partial charge in [-0.05, 0) is 67.1 Å². The summed E-state index contributed by atoms with van der Waals surface area (Å²) in [6.45, 7) is 6.80. The molecule has 0 bridgehead atoms. The minimum Gasteiger partial charge on any atom is -0.490 e. The number of halogens is 1. The molecule has 6 heteroatoms. The number of aryl methyl sites for hydroxylation is 2. The van der Waals surface area contributed by atoms with Crippen molar-refractivity contribution in [3.63, 3.8) is 0 Å². The van der Waals surface area contributed by atoms with Crippen LogP contribution in [0.5, 0.6) is 5.75 Å². The molecule has 0 aliphatic rings. The average Bonchev–Trinajstić information content (AvgIpc) is 2.72. The van der Waals surface area contributed by atoms with Gasteiger partial charge in [0.1, 0.15) is 12.4 Å². The zero-order chi connectivity index (χ0) is 20.8. The lowest BCUT2D eigenvalue weighted by Crippen LogP contribution is -2.19. The van der Waals surface area contributed by atoms with Gasteiger partial charge in [0, 0.05) is 24.2 Å². The second-order valence-electron chi connectivity index (χ2n) is 7.02. The molecule has 0 radical (unpaired) electrons. The lowest BCUT2D eigenvalue weighted by Gasteiger charge is -2.16. The standard InChI is InChI=1S/C23H24ClN3O2/c1-15-8-20(13-26-11-15)21-5-4-18(12-27-21)10-19-9-16(2)23(22(24)17(19)3)29-7-6-25-14-28/h4-5,8-9,11-14H,6-7,10H2,1-3H3,(H,25,28). The summed E-state index contributed by atoms with van der Waals surface area (Å²) in [5.74, 6) is 0.668. The van der Waals surface area contributed by atoms with E-state index >= 15 is 0 Å². The number of rotatable bonds is 8. The Hall–Kier alpha value is -2.92. The van der Waals surface area contributed by atoms with Gasteiger partial charge in [-0.1, -0.05) is 23.7 Å². The number of pyridine rings is 2. The minimum atomic E-state index is 0.372. The molecule has 0 unspecified atom stereocenters. The quantitative estimate of drug-likeness (QED) is 0.441. The maximum absolute atomic E-state index is 10.3. The molecule has 150 valence electrons. The van der Waals surface area contributed by atoms with Crippen LogP contribution in [0, 0.1) is 20.8 Å². The lowest BCUT2D eigenvalue weighted by atomic mass is 9.98. The van der Waals surface area contributed by atoms with Gasteiger partial charge in [0.25, 0.3) is 0 Å². The maximum Gasteiger partial charge on any atom is 0.207 e. The van der Waals surface area contributed by atoms with Gasteiger partial charge in [-0.2, -0.15) is 0 Å². The topological polar surface area (TPSA) is 64.1 Å². The van der Waals surface area contributed by atoms with Crippen molar-refractivity contribution in [2.45, 2.75) is 27.2 Å². The summed E-state index contributed by atoms with van der Waals surface area (Å²) in [5, 5.41) is 3.19. The van der Waals surface area contributed by atoms with E-state index in [4.69, 9.17) is 16.3 Å². The maximum atomic E-state index is 10.3. The molecular weight excluding hydrogens is 386 g/mol. The van der Waals surface area contributed by atoms with Crippen molar-refractivity contribution in [3.05, 3.63) is 75.7 Å². The molecule has 0 atom stereocenters. The number of nitrogens with zero attached hydrogens (tertiary/aromatic N) is 2. The molecule has 2 aromatic heterocycles. The summed E-state index contributed by atoms with van der Waals surface area (Å²) in [6.07, 6.45) is 6.94. The third-order valence-corrected chi connectivity index (χ3v) is 5.18. The number of hydrogen-bond acceptors (Lipinski definition) is 4. The van der Waals surface area contributed by atoms with Gasteiger partial charge in [0.15, 0.2) is 0 Å². The molecule has 1 N–H and O–H groups in total. The highest BCUT2D eigenvalue weighted by Gasteiger charge is 2.14. The lowest BCUT2D eigenvalue weighted by molar-refractivity contribution is -0.109. The smallest absolute Gasteiger partial charge is 0.207 e. The average molecular weight is 410 g/mol. The molecule has 29 heavy (non-hydrogen) atoms. The molecule has 0 spiro atoms. The Labute approximate surface area is 176 Å². The predicted molar refractivity (Wildman–Crippen MR) is 115 cm³/mol. The Morgan fingerprint density at radius 1 is 1.14 bits per heavy atom. The first-order valence-electron chi connectivity index (χ1n) is 9.45. The summed E-state index contributed by atoms with van der Waals surface area (Å²) >= 11 is 6.57. The second kappa shape index (κ2) is 9.52. The summed E-state index contributed by atoms with van der Waals surface area (Å²) in [5.41, 5.74) is 7.23. The fourth-order valence-electron chi connectivity index (χ4n) is 3.17. The number of carbonyl (C=O) groups excluding carboxylic acids is 1. The van der Waals surface area contributed by atoms with Crippen molar-refractivity contribution >= 4 is 18.0 Å². The first-order chi connectivity index (χ1) is 14.0. The number of aromatic nitrogens is 2. The van der Waals surface area contributed by atoms with E-state index in [1.54, 1.807) is 0 Å². The van der Waals surface area contributed by atoms with Crippen molar-refractivity contribution in [2.24, 2.45) is 0 Å². The van der Waals surface area contributed by atoms with Crippen LogP contribution in [0.2, 0.25) is 5.02 Å². The SMILES string of the molecule is Cc1cncc(-c2ccc(Cc3cc(C)c(OCCNC=O)c(Cl)c3C)cn2)c1. The van der Waals surface area contributed by atoms with Crippen LogP contribution in [-0.4, -0.2) is 29.5 Å². The first kappa shape index (κ1) is 20.8. The highest BCUT2D eigenvalue weighted by molar-refractivity contribution is 6.33. The molecule has 1 aromatic carbocycles. The second-order valence-corrected chi connectivity index (χ2v) is 7.40. The number of carbonyl (C=O) groups is 1. The van der Waals surface area contributed by atoms with E-state index in [9.17, 15) is 4.79 Å². The van der Waals surface area contributed by atoms with Crippen LogP contribution < -0.4 is 10.1 Å². The first-order valence-corrected chi connectivity index (χ1v) is 9.82. The minimum absolute atomic E-state index is 0.372. The molecular formula is C23H24ClN3O2. The van der Waals surface area contributed by atoms with Gasteiger partial charge in [-0.3, -0.25) is 14.8 Å². The van der Waals surface area contributed by atoms with Gasteiger partial charge in [-0.15, -0.1) is 0 Å². The third-order valence-electron chi connectivity index (χ3n) is 4.73. The van der Waals surface area contributed by atoms with Gasteiger partial charge in [-0.25, -0.2) is 0 Å². The molecule has 2 heterocycles. The van der Waals surface area contributed by atoms with Crippen LogP contribution >= 0.6 is 11.6 Å². The van der Waals surface area contributed by atoms with E-state index in [2.05, 4.69) is 33.5 Å². The Bertz CT molecular complexity index is 1000. The van der Waals surface area contributed by atoms with E-state index in [1.807, 2.05) is 45.4 Å². The number of amides is 1. The highest BCUT2D eigenvalue weighted by atomic mass is 35.5. The molecule has 3 aromatic rings. The van der Waals surface area contributed by atoms with Crippen LogP contribution in [0.3, 0.4) is 0 Å². The molecule has 3 rings (SSSR count). The van der Waals surface area contributed by atoms with Crippen molar-refractivity contribution in [3.8, 4) is 17.0 Å². The number of ether oxygens (including phenoxy) is 1. The van der Waals surface area contributed by atoms with E-state index in [-0.39, 0.29) is 0 Å². The molecule has 1 amide bonds. The van der Waals surface area contributed by atoms with Crippen LogP contribution in [0.1, 0.15) is 27.8 Å². The van der Waals surface area contributed by atoms with Crippen LogP contribution in [0.4, 0.5) is 0 Å². The van der Waals surface area contributed by atoms with Gasteiger partial charge >= 0.3 is 0 Å². The van der Waals surface area contributed by atoms with E-state index in [0.29, 0.717) is 30.3 Å². The van der Waals surface area contributed by atoms with Crippen molar-refractivity contribution in [1.82, 2.24) is 15.3 Å². The number of nitrogens with one attached hydrogen (secondary N) is 1. The van der Waals surface area contributed by atoms with Crippen molar-refractivity contribution in [2.75, 3.05) is 13.2 Å². The normalized spacial score (nSPS) is 10.6. The van der Waals surface area contributed by atoms with Crippen molar-refractivity contribution < 1.29 is 9.53 Å². The Morgan fingerprint density at radius 2 is 1.97 bits per heavy atom. The molecule has 0 aliphatic carbocycles. The zero-order valence-electron chi connectivity index (χ0n) is 16.8. The number of benzene rings is 1. The Kier molecular flexibility index (Phi) is 6.83. The fourth-order valence-corrected chi connectivity index (χ4v) is 3.49.